The zero-order valence-electron chi connectivity index (χ0n) is 9.67. The maximum atomic E-state index is 11.6. The molecular weight excluding hydrogens is 252 g/mol. The topological polar surface area (TPSA) is 99.3 Å². The Balaban J connectivity index is 2.60. The zero-order valence-corrected chi connectivity index (χ0v) is 10.5. The van der Waals surface area contributed by atoms with Gasteiger partial charge in [-0.05, 0) is 42.8 Å². The second-order valence-electron chi connectivity index (χ2n) is 3.89. The largest absolute Gasteiger partial charge is 0.464 e. The minimum atomic E-state index is -3.80. The van der Waals surface area contributed by atoms with E-state index in [4.69, 9.17) is 15.3 Å². The molecule has 1 heterocycles. The summed E-state index contributed by atoms with van der Waals surface area (Å²) in [4.78, 5) is 0.0587. The molecule has 4 N–H and O–H groups in total. The van der Waals surface area contributed by atoms with Crippen LogP contribution in [0.1, 0.15) is 5.56 Å². The number of rotatable bonds is 4. The Morgan fingerprint density at radius 3 is 2.56 bits per heavy atom. The zero-order chi connectivity index (χ0) is 13.2. The molecule has 0 radical (unpaired) electrons. The van der Waals surface area contributed by atoms with Crippen LogP contribution in [0.15, 0.2) is 45.9 Å². The molecule has 18 heavy (non-hydrogen) atoms. The van der Waals surface area contributed by atoms with Crippen LogP contribution in [0.5, 0.6) is 0 Å². The number of hydrogen-bond donors (Lipinski definition) is 2. The van der Waals surface area contributed by atoms with Crippen molar-refractivity contribution in [2.45, 2.75) is 11.3 Å². The smallest absolute Gasteiger partial charge is 0.238 e. The molecule has 6 heteroatoms. The van der Waals surface area contributed by atoms with E-state index in [-0.39, 0.29) is 4.90 Å². The first-order valence-electron chi connectivity index (χ1n) is 5.42. The molecule has 96 valence electrons. The highest BCUT2D eigenvalue weighted by molar-refractivity contribution is 7.89. The van der Waals surface area contributed by atoms with Gasteiger partial charge in [0.1, 0.15) is 5.76 Å². The molecule has 0 amide bonds. The van der Waals surface area contributed by atoms with E-state index < -0.39 is 10.0 Å². The van der Waals surface area contributed by atoms with E-state index in [9.17, 15) is 8.42 Å². The molecule has 5 nitrogen and oxygen atoms in total. The van der Waals surface area contributed by atoms with E-state index in [0.717, 1.165) is 5.56 Å². The predicted octanol–water partition coefficient (Wildman–Crippen LogP) is 1.10. The average molecular weight is 266 g/mol. The summed E-state index contributed by atoms with van der Waals surface area (Å²) >= 11 is 0. The SMILES string of the molecule is NCCc1ccc(-c2ccco2)c(S(N)(=O)=O)c1. The van der Waals surface area contributed by atoms with Crippen LogP contribution in [-0.4, -0.2) is 15.0 Å². The fourth-order valence-electron chi connectivity index (χ4n) is 1.76. The van der Waals surface area contributed by atoms with E-state index in [1.165, 1.54) is 6.26 Å². The van der Waals surface area contributed by atoms with Crippen molar-refractivity contribution in [1.82, 2.24) is 0 Å². The first-order chi connectivity index (χ1) is 8.52. The van der Waals surface area contributed by atoms with Crippen LogP contribution >= 0.6 is 0 Å². The first kappa shape index (κ1) is 12.8. The van der Waals surface area contributed by atoms with Crippen molar-refractivity contribution in [2.75, 3.05) is 6.54 Å². The van der Waals surface area contributed by atoms with E-state index in [1.807, 2.05) is 6.07 Å². The van der Waals surface area contributed by atoms with Crippen molar-refractivity contribution in [3.63, 3.8) is 0 Å². The van der Waals surface area contributed by atoms with Gasteiger partial charge in [0.25, 0.3) is 0 Å². The molecule has 1 aromatic heterocycles. The molecule has 2 aromatic rings. The van der Waals surface area contributed by atoms with Crippen molar-refractivity contribution in [2.24, 2.45) is 10.9 Å². The Morgan fingerprint density at radius 2 is 2.00 bits per heavy atom. The molecular formula is C12H14N2O3S. The van der Waals surface area contributed by atoms with E-state index >= 15 is 0 Å². The Morgan fingerprint density at radius 1 is 1.22 bits per heavy atom. The molecule has 0 atom stereocenters. The minimum Gasteiger partial charge on any atom is -0.464 e. The van der Waals surface area contributed by atoms with Crippen LogP contribution in [0, 0.1) is 0 Å². The van der Waals surface area contributed by atoms with Gasteiger partial charge in [-0.15, -0.1) is 0 Å². The molecule has 0 saturated heterocycles. The van der Waals surface area contributed by atoms with Gasteiger partial charge in [0.05, 0.1) is 11.2 Å². The van der Waals surface area contributed by atoms with Crippen LogP contribution in [-0.2, 0) is 16.4 Å². The van der Waals surface area contributed by atoms with E-state index in [0.29, 0.717) is 24.3 Å². The lowest BCUT2D eigenvalue weighted by molar-refractivity contribution is 0.577. The van der Waals surface area contributed by atoms with Crippen LogP contribution in [0.4, 0.5) is 0 Å². The molecule has 0 unspecified atom stereocenters. The third-order valence-corrected chi connectivity index (χ3v) is 3.52. The highest BCUT2D eigenvalue weighted by Crippen LogP contribution is 2.28. The van der Waals surface area contributed by atoms with Crippen molar-refractivity contribution < 1.29 is 12.8 Å². The Hall–Kier alpha value is -1.63. The van der Waals surface area contributed by atoms with Crippen LogP contribution in [0.2, 0.25) is 0 Å². The first-order valence-corrected chi connectivity index (χ1v) is 6.96. The molecule has 0 fully saturated rings. The summed E-state index contributed by atoms with van der Waals surface area (Å²) in [6, 6.07) is 8.42. The van der Waals surface area contributed by atoms with Gasteiger partial charge in [-0.25, -0.2) is 13.6 Å². The van der Waals surface area contributed by atoms with E-state index in [1.54, 1.807) is 24.3 Å². The average Bonchev–Trinajstić information content (AvgIpc) is 2.81. The molecule has 0 aliphatic carbocycles. The summed E-state index contributed by atoms with van der Waals surface area (Å²) in [5.41, 5.74) is 6.74. The predicted molar refractivity (Wildman–Crippen MR) is 68.3 cm³/mol. The summed E-state index contributed by atoms with van der Waals surface area (Å²) in [6.45, 7) is 0.449. The standard InChI is InChI=1S/C12H14N2O3S/c13-6-5-9-3-4-10(11-2-1-7-17-11)12(8-9)18(14,15)16/h1-4,7-8H,5-6,13H2,(H2,14,15,16). The second-order valence-corrected chi connectivity index (χ2v) is 5.42. The fraction of sp³-hybridized carbons (Fsp3) is 0.167. The molecule has 1 aromatic carbocycles. The monoisotopic (exact) mass is 266 g/mol. The Kier molecular flexibility index (Phi) is 3.51. The molecule has 0 saturated carbocycles. The van der Waals surface area contributed by atoms with Gasteiger partial charge < -0.3 is 10.2 Å². The maximum absolute atomic E-state index is 11.6. The van der Waals surface area contributed by atoms with Gasteiger partial charge in [0.15, 0.2) is 0 Å². The normalized spacial score (nSPS) is 11.7. The highest BCUT2D eigenvalue weighted by Gasteiger charge is 2.17. The van der Waals surface area contributed by atoms with Gasteiger partial charge in [-0.1, -0.05) is 6.07 Å². The maximum Gasteiger partial charge on any atom is 0.238 e. The van der Waals surface area contributed by atoms with Crippen molar-refractivity contribution in [3.05, 3.63) is 42.2 Å². The lowest BCUT2D eigenvalue weighted by Gasteiger charge is -2.08. The van der Waals surface area contributed by atoms with Gasteiger partial charge in [0, 0.05) is 5.56 Å². The van der Waals surface area contributed by atoms with E-state index in [2.05, 4.69) is 0 Å². The van der Waals surface area contributed by atoms with Crippen molar-refractivity contribution in [1.29, 1.82) is 0 Å². The fourth-order valence-corrected chi connectivity index (χ4v) is 2.55. The molecule has 2 rings (SSSR count). The number of nitrogens with two attached hydrogens (primary N) is 2. The van der Waals surface area contributed by atoms with Gasteiger partial charge >= 0.3 is 0 Å². The van der Waals surface area contributed by atoms with Crippen LogP contribution < -0.4 is 10.9 Å². The summed E-state index contributed by atoms with van der Waals surface area (Å²) in [5.74, 6) is 0.471. The third-order valence-electron chi connectivity index (χ3n) is 2.57. The lowest BCUT2D eigenvalue weighted by Crippen LogP contribution is -2.14. The molecule has 0 aliphatic rings. The summed E-state index contributed by atoms with van der Waals surface area (Å²) in [5, 5.41) is 5.23. The highest BCUT2D eigenvalue weighted by atomic mass is 32.2. The number of primary sulfonamides is 1. The number of benzene rings is 1. The Labute approximate surface area is 105 Å². The number of sulfonamides is 1. The quantitative estimate of drug-likeness (QED) is 0.865. The van der Waals surface area contributed by atoms with Gasteiger partial charge in [0.2, 0.25) is 10.0 Å². The van der Waals surface area contributed by atoms with Gasteiger partial charge in [-0.3, -0.25) is 0 Å². The molecule has 0 aliphatic heterocycles. The second kappa shape index (κ2) is 4.93. The lowest BCUT2D eigenvalue weighted by atomic mass is 10.1. The molecule has 0 bridgehead atoms. The molecule has 0 spiro atoms. The minimum absolute atomic E-state index is 0.0587. The van der Waals surface area contributed by atoms with Crippen molar-refractivity contribution in [3.8, 4) is 11.3 Å². The number of hydrogen-bond acceptors (Lipinski definition) is 4. The summed E-state index contributed by atoms with van der Waals surface area (Å²) < 4.78 is 28.4. The van der Waals surface area contributed by atoms with Crippen molar-refractivity contribution >= 4 is 10.0 Å². The number of furan rings is 1. The Bertz CT molecular complexity index is 633. The summed E-state index contributed by atoms with van der Waals surface area (Å²) in [6.07, 6.45) is 2.08. The van der Waals surface area contributed by atoms with Gasteiger partial charge in [-0.2, -0.15) is 0 Å². The third kappa shape index (κ3) is 2.61. The van der Waals surface area contributed by atoms with Crippen LogP contribution in [0.25, 0.3) is 11.3 Å². The summed E-state index contributed by atoms with van der Waals surface area (Å²) in [7, 11) is -3.80. The van der Waals surface area contributed by atoms with Crippen LogP contribution in [0.3, 0.4) is 0 Å².